The minimum atomic E-state index is -0.584. The van der Waals surface area contributed by atoms with Gasteiger partial charge in [0.15, 0.2) is 5.82 Å². The van der Waals surface area contributed by atoms with E-state index in [0.717, 1.165) is 23.7 Å². The van der Waals surface area contributed by atoms with Gasteiger partial charge in [0.1, 0.15) is 28.4 Å². The summed E-state index contributed by atoms with van der Waals surface area (Å²) in [6, 6.07) is 20.7. The minimum Gasteiger partial charge on any atom is -0.381 e. The summed E-state index contributed by atoms with van der Waals surface area (Å²) < 4.78 is 44.5. The first-order valence-corrected chi connectivity index (χ1v) is 20.3. The zero-order valence-electron chi connectivity index (χ0n) is 33.6. The Kier molecular flexibility index (Phi) is 8.42. The van der Waals surface area contributed by atoms with Crippen molar-refractivity contribution in [3.63, 3.8) is 0 Å². The van der Waals surface area contributed by atoms with Crippen LogP contribution in [0.25, 0.3) is 55.7 Å². The van der Waals surface area contributed by atoms with E-state index in [4.69, 9.17) is 9.84 Å². The molecule has 2 aliphatic rings. The Bertz CT molecular complexity index is 3280. The highest BCUT2D eigenvalue weighted by Crippen LogP contribution is 2.36. The van der Waals surface area contributed by atoms with Gasteiger partial charge in [0.25, 0.3) is 5.91 Å². The average molecular weight is 820 g/mol. The fraction of sp³-hybridized carbons (Fsp3) is 0.244. The summed E-state index contributed by atoms with van der Waals surface area (Å²) in [6.45, 7) is 5.25. The van der Waals surface area contributed by atoms with Crippen LogP contribution in [0.5, 0.6) is 0 Å². The van der Waals surface area contributed by atoms with Crippen LogP contribution < -0.4 is 5.69 Å². The summed E-state index contributed by atoms with van der Waals surface area (Å²) in [5.41, 5.74) is 7.31. The molecule has 4 aromatic carbocycles. The number of halogens is 2. The Balaban J connectivity index is 1.05. The fourth-order valence-electron chi connectivity index (χ4n) is 9.23. The van der Waals surface area contributed by atoms with Gasteiger partial charge in [-0.1, -0.05) is 12.1 Å². The highest BCUT2D eigenvalue weighted by Gasteiger charge is 2.33. The zero-order valence-corrected chi connectivity index (χ0v) is 33.6. The summed E-state index contributed by atoms with van der Waals surface area (Å²) in [5.74, 6) is -0.409. The molecule has 1 N–H and O–H groups in total. The molecule has 9 aromatic rings. The van der Waals surface area contributed by atoms with Crippen molar-refractivity contribution >= 4 is 38.7 Å². The molecule has 61 heavy (non-hydrogen) atoms. The maximum atomic E-state index is 16.0. The minimum absolute atomic E-state index is 0.0596. The van der Waals surface area contributed by atoms with Crippen LogP contribution >= 0.6 is 0 Å². The van der Waals surface area contributed by atoms with Crippen LogP contribution in [-0.2, 0) is 24.8 Å². The van der Waals surface area contributed by atoms with Crippen LogP contribution in [0.2, 0.25) is 0 Å². The number of para-hydroxylation sites is 1. The third kappa shape index (κ3) is 5.76. The Morgan fingerprint density at radius 2 is 1.67 bits per heavy atom. The van der Waals surface area contributed by atoms with E-state index in [1.165, 1.54) is 27.1 Å². The van der Waals surface area contributed by atoms with Crippen LogP contribution in [0.4, 0.5) is 8.78 Å². The second-order valence-electron chi connectivity index (χ2n) is 16.0. The number of rotatable bonds is 6. The number of aryl methyl sites for hydroxylation is 3. The van der Waals surface area contributed by atoms with E-state index in [2.05, 4.69) is 38.7 Å². The molecule has 16 heteroatoms. The normalized spacial score (nSPS) is 14.8. The van der Waals surface area contributed by atoms with Crippen molar-refractivity contribution in [2.75, 3.05) is 19.8 Å². The standard InChI is InChI=1S/C45H39F2N11O3/c1-25-19-30(20-26(2)40(25)46)58-43(56-16-15-55(45(56)60)37-10-9-36-31(41(37)47)23-48-53(36)3)32-24-54(14-11-33(32)51-58)44(59)39-22-29-21-28(27-12-17-61-18-13-27)7-8-35(29)57(39)38-6-4-5-34-42(38)50-52-49-34/h4-10,15-16,19-23,27H,11-14,17-18,24H2,1-3H3,(H,49,50,52). The lowest BCUT2D eigenvalue weighted by atomic mass is 9.91. The number of aromatic amines is 1. The van der Waals surface area contributed by atoms with Gasteiger partial charge < -0.3 is 14.2 Å². The van der Waals surface area contributed by atoms with Gasteiger partial charge >= 0.3 is 5.69 Å². The Morgan fingerprint density at radius 1 is 0.885 bits per heavy atom. The van der Waals surface area contributed by atoms with Crippen molar-refractivity contribution in [3.8, 4) is 22.9 Å². The van der Waals surface area contributed by atoms with Gasteiger partial charge in [-0.3, -0.25) is 18.6 Å². The van der Waals surface area contributed by atoms with Crippen molar-refractivity contribution in [1.29, 1.82) is 0 Å². The lowest BCUT2D eigenvalue weighted by Crippen LogP contribution is -2.37. The molecule has 0 bridgehead atoms. The van der Waals surface area contributed by atoms with E-state index >= 15 is 13.6 Å². The topological polar surface area (TPSA) is 139 Å². The number of aromatic nitrogens is 10. The molecule has 7 heterocycles. The summed E-state index contributed by atoms with van der Waals surface area (Å²) in [4.78, 5) is 31.4. The smallest absolute Gasteiger partial charge is 0.338 e. The van der Waals surface area contributed by atoms with Crippen LogP contribution in [-0.4, -0.2) is 79.2 Å². The fourth-order valence-corrected chi connectivity index (χ4v) is 9.23. The van der Waals surface area contributed by atoms with Crippen molar-refractivity contribution in [3.05, 3.63) is 141 Å². The van der Waals surface area contributed by atoms with Crippen molar-refractivity contribution in [2.24, 2.45) is 7.05 Å². The van der Waals surface area contributed by atoms with Gasteiger partial charge in [0.05, 0.1) is 51.9 Å². The Labute approximate surface area is 346 Å². The molecule has 14 nitrogen and oxygen atoms in total. The number of benzene rings is 4. The molecule has 5 aromatic heterocycles. The van der Waals surface area contributed by atoms with E-state index in [-0.39, 0.29) is 29.3 Å². The van der Waals surface area contributed by atoms with Gasteiger partial charge in [-0.05, 0) is 104 Å². The SMILES string of the molecule is Cc1cc(-n2nc3c(c2-n2ccn(-c4ccc5c(cnn5C)c4F)c2=O)CN(C(=O)c2cc4cc(C5CCOCC5)ccc4n2-c2cccc4n[nH]nc24)CC3)cc(C)c1F. The second-order valence-corrected chi connectivity index (χ2v) is 16.0. The molecule has 0 atom stereocenters. The van der Waals surface area contributed by atoms with Gasteiger partial charge in [-0.25, -0.2) is 18.3 Å². The molecule has 1 saturated heterocycles. The van der Waals surface area contributed by atoms with E-state index in [9.17, 15) is 4.79 Å². The number of H-pyrrole nitrogens is 1. The third-order valence-corrected chi connectivity index (χ3v) is 12.4. The van der Waals surface area contributed by atoms with Crippen molar-refractivity contribution < 1.29 is 18.3 Å². The number of hydrogen-bond acceptors (Lipinski definition) is 7. The molecule has 1 fully saturated rings. The maximum Gasteiger partial charge on any atom is 0.338 e. The van der Waals surface area contributed by atoms with Crippen LogP contribution in [0.3, 0.4) is 0 Å². The summed E-state index contributed by atoms with van der Waals surface area (Å²) in [6.07, 6.45) is 6.76. The molecular formula is C45H39F2N11O3. The Hall–Kier alpha value is -7.20. The molecule has 11 rings (SSSR count). The van der Waals surface area contributed by atoms with Crippen LogP contribution in [0.1, 0.15) is 57.2 Å². The first-order valence-electron chi connectivity index (χ1n) is 20.3. The number of nitrogens with one attached hydrogen (secondary N) is 1. The quantitative estimate of drug-likeness (QED) is 0.193. The lowest BCUT2D eigenvalue weighted by molar-refractivity contribution is 0.0726. The van der Waals surface area contributed by atoms with E-state index in [1.807, 2.05) is 28.8 Å². The van der Waals surface area contributed by atoms with Gasteiger partial charge in [-0.2, -0.15) is 25.6 Å². The summed E-state index contributed by atoms with van der Waals surface area (Å²) in [7, 11) is 1.72. The predicted molar refractivity (Wildman–Crippen MR) is 224 cm³/mol. The molecule has 0 unspecified atom stereocenters. The molecule has 0 radical (unpaired) electrons. The predicted octanol–water partition coefficient (Wildman–Crippen LogP) is 6.90. The largest absolute Gasteiger partial charge is 0.381 e. The molecule has 306 valence electrons. The summed E-state index contributed by atoms with van der Waals surface area (Å²) in [5, 5.41) is 21.9. The zero-order chi connectivity index (χ0) is 41.7. The van der Waals surface area contributed by atoms with Crippen LogP contribution in [0, 0.1) is 25.5 Å². The van der Waals surface area contributed by atoms with E-state index in [0.29, 0.717) is 93.9 Å². The number of hydrogen-bond donors (Lipinski definition) is 1. The average Bonchev–Trinajstić information content (AvgIpc) is 4.12. The number of imidazole rings is 1. The number of fused-ring (bicyclic) bond motifs is 4. The summed E-state index contributed by atoms with van der Waals surface area (Å²) >= 11 is 0. The number of carbonyl (C=O) groups is 1. The van der Waals surface area contributed by atoms with Crippen molar-refractivity contribution in [1.82, 2.24) is 53.6 Å². The van der Waals surface area contributed by atoms with Gasteiger partial charge in [-0.15, -0.1) is 0 Å². The first kappa shape index (κ1) is 36.8. The third-order valence-electron chi connectivity index (χ3n) is 12.4. The molecule has 0 aliphatic carbocycles. The molecule has 0 saturated carbocycles. The maximum absolute atomic E-state index is 16.0. The number of amides is 1. The molecule has 0 spiro atoms. The van der Waals surface area contributed by atoms with Gasteiger partial charge in [0, 0.05) is 56.6 Å². The number of nitrogens with zero attached hydrogens (tertiary/aromatic N) is 10. The van der Waals surface area contributed by atoms with Gasteiger partial charge in [0.2, 0.25) is 0 Å². The van der Waals surface area contributed by atoms with E-state index in [1.54, 1.807) is 65.6 Å². The number of carbonyl (C=O) groups excluding carboxylic acids is 1. The molecular weight excluding hydrogens is 781 g/mol. The molecule has 2 aliphatic heterocycles. The van der Waals surface area contributed by atoms with Crippen molar-refractivity contribution in [2.45, 2.75) is 45.6 Å². The first-order chi connectivity index (χ1) is 29.6. The van der Waals surface area contributed by atoms with E-state index < -0.39 is 11.5 Å². The number of ether oxygens (including phenoxy) is 1. The van der Waals surface area contributed by atoms with Crippen LogP contribution in [0.15, 0.2) is 90.1 Å². The molecule has 1 amide bonds. The highest BCUT2D eigenvalue weighted by atomic mass is 19.1. The Morgan fingerprint density at radius 3 is 2.49 bits per heavy atom. The second kappa shape index (κ2) is 13.9. The monoisotopic (exact) mass is 819 g/mol. The highest BCUT2D eigenvalue weighted by molar-refractivity contribution is 6.02. The lowest BCUT2D eigenvalue weighted by Gasteiger charge is -2.27.